The average Bonchev–Trinajstić information content (AvgIpc) is 2.35. The number of rotatable bonds is 4. The van der Waals surface area contributed by atoms with Crippen LogP contribution in [0, 0.1) is 0 Å². The fraction of sp³-hybridized carbons (Fsp3) is 0.267. The van der Waals surface area contributed by atoms with E-state index in [1.807, 2.05) is 18.2 Å². The standard InChI is InChI=1S/C15H16ClNO/c1-11(18)17-15-7-6-13-9-12(3-2-8-16)4-5-14(13)10-15/h4-7,9-10H,2-3,8H2,1H3,(H,17,18). The number of halogens is 1. The number of carbonyl (C=O) groups is 1. The molecular formula is C15H16ClNO. The summed E-state index contributed by atoms with van der Waals surface area (Å²) in [5, 5.41) is 5.12. The Balaban J connectivity index is 2.27. The predicted molar refractivity (Wildman–Crippen MR) is 77.3 cm³/mol. The third-order valence-corrected chi connectivity index (χ3v) is 3.09. The molecule has 0 spiro atoms. The molecule has 0 aromatic heterocycles. The van der Waals surface area contributed by atoms with Gasteiger partial charge in [0.2, 0.25) is 5.91 Å². The molecule has 0 aliphatic rings. The summed E-state index contributed by atoms with van der Waals surface area (Å²) in [6, 6.07) is 12.3. The number of carbonyl (C=O) groups excluding carboxylic acids is 1. The number of nitrogens with one attached hydrogen (secondary N) is 1. The smallest absolute Gasteiger partial charge is 0.221 e. The van der Waals surface area contributed by atoms with Crippen LogP contribution in [0.15, 0.2) is 36.4 Å². The third kappa shape index (κ3) is 3.23. The third-order valence-electron chi connectivity index (χ3n) is 2.82. The number of aryl methyl sites for hydroxylation is 1. The topological polar surface area (TPSA) is 29.1 Å². The van der Waals surface area contributed by atoms with E-state index in [1.54, 1.807) is 0 Å². The Morgan fingerprint density at radius 2 is 1.89 bits per heavy atom. The molecule has 18 heavy (non-hydrogen) atoms. The lowest BCUT2D eigenvalue weighted by Crippen LogP contribution is -2.05. The number of anilines is 1. The summed E-state index contributed by atoms with van der Waals surface area (Å²) in [6.07, 6.45) is 2.00. The molecule has 2 aromatic carbocycles. The largest absolute Gasteiger partial charge is 0.326 e. The van der Waals surface area contributed by atoms with Crippen molar-refractivity contribution in [3.8, 4) is 0 Å². The van der Waals surface area contributed by atoms with Crippen LogP contribution in [0.3, 0.4) is 0 Å². The number of hydrogen-bond acceptors (Lipinski definition) is 1. The Kier molecular flexibility index (Phi) is 4.21. The molecule has 2 rings (SSSR count). The molecule has 0 heterocycles. The normalized spacial score (nSPS) is 10.6. The molecule has 0 fully saturated rings. The van der Waals surface area contributed by atoms with Crippen molar-refractivity contribution < 1.29 is 4.79 Å². The van der Waals surface area contributed by atoms with Gasteiger partial charge in [0.15, 0.2) is 0 Å². The molecule has 1 amide bonds. The Labute approximate surface area is 112 Å². The summed E-state index contributed by atoms with van der Waals surface area (Å²) in [4.78, 5) is 11.0. The first-order chi connectivity index (χ1) is 8.69. The van der Waals surface area contributed by atoms with E-state index < -0.39 is 0 Å². The molecule has 0 aliphatic carbocycles. The van der Waals surface area contributed by atoms with Crippen LogP contribution < -0.4 is 5.32 Å². The molecule has 0 radical (unpaired) electrons. The number of amides is 1. The minimum Gasteiger partial charge on any atom is -0.326 e. The number of hydrogen-bond donors (Lipinski definition) is 1. The van der Waals surface area contributed by atoms with Crippen LogP contribution in [-0.2, 0) is 11.2 Å². The van der Waals surface area contributed by atoms with Gasteiger partial charge in [-0.15, -0.1) is 11.6 Å². The highest BCUT2D eigenvalue weighted by Crippen LogP contribution is 2.21. The predicted octanol–water partition coefficient (Wildman–Crippen LogP) is 3.97. The zero-order valence-electron chi connectivity index (χ0n) is 10.4. The van der Waals surface area contributed by atoms with Crippen molar-refractivity contribution in [1.82, 2.24) is 0 Å². The highest BCUT2D eigenvalue weighted by atomic mass is 35.5. The maximum atomic E-state index is 11.0. The van der Waals surface area contributed by atoms with Gasteiger partial charge >= 0.3 is 0 Å². The van der Waals surface area contributed by atoms with Gasteiger partial charge in [0.05, 0.1) is 0 Å². The first kappa shape index (κ1) is 12.9. The minimum atomic E-state index is -0.0481. The lowest BCUT2D eigenvalue weighted by Gasteiger charge is -2.06. The maximum Gasteiger partial charge on any atom is 0.221 e. The molecule has 0 saturated heterocycles. The average molecular weight is 262 g/mol. The van der Waals surface area contributed by atoms with Gasteiger partial charge in [0.1, 0.15) is 0 Å². The SMILES string of the molecule is CC(=O)Nc1ccc2cc(CCCCl)ccc2c1. The van der Waals surface area contributed by atoms with Gasteiger partial charge in [-0.25, -0.2) is 0 Å². The van der Waals surface area contributed by atoms with Gasteiger partial charge in [-0.05, 0) is 41.3 Å². The lowest BCUT2D eigenvalue weighted by molar-refractivity contribution is -0.114. The molecule has 0 atom stereocenters. The van der Waals surface area contributed by atoms with Crippen molar-refractivity contribution in [2.24, 2.45) is 0 Å². The Hall–Kier alpha value is -1.54. The van der Waals surface area contributed by atoms with Crippen molar-refractivity contribution in [3.63, 3.8) is 0 Å². The summed E-state index contributed by atoms with van der Waals surface area (Å²) in [5.41, 5.74) is 2.14. The van der Waals surface area contributed by atoms with Gasteiger partial charge < -0.3 is 5.32 Å². The van der Waals surface area contributed by atoms with Crippen molar-refractivity contribution >= 4 is 34.0 Å². The van der Waals surface area contributed by atoms with Crippen LogP contribution in [0.1, 0.15) is 18.9 Å². The Morgan fingerprint density at radius 1 is 1.17 bits per heavy atom. The quantitative estimate of drug-likeness (QED) is 0.829. The lowest BCUT2D eigenvalue weighted by atomic mass is 10.0. The van der Waals surface area contributed by atoms with Crippen molar-refractivity contribution in [2.45, 2.75) is 19.8 Å². The molecule has 3 heteroatoms. The molecule has 2 nitrogen and oxygen atoms in total. The van der Waals surface area contributed by atoms with Gasteiger partial charge in [0, 0.05) is 18.5 Å². The van der Waals surface area contributed by atoms with Gasteiger partial charge in [0.25, 0.3) is 0 Å². The van der Waals surface area contributed by atoms with Gasteiger partial charge in [-0.1, -0.05) is 24.3 Å². The van der Waals surface area contributed by atoms with Crippen LogP contribution >= 0.6 is 11.6 Å². The Morgan fingerprint density at radius 3 is 2.61 bits per heavy atom. The summed E-state index contributed by atoms with van der Waals surface area (Å²) < 4.78 is 0. The fourth-order valence-corrected chi connectivity index (χ4v) is 2.14. The molecule has 1 N–H and O–H groups in total. The van der Waals surface area contributed by atoms with E-state index in [0.717, 1.165) is 23.9 Å². The van der Waals surface area contributed by atoms with Crippen LogP contribution in [-0.4, -0.2) is 11.8 Å². The second kappa shape index (κ2) is 5.87. The highest BCUT2D eigenvalue weighted by molar-refractivity contribution is 6.17. The van der Waals surface area contributed by atoms with Gasteiger partial charge in [-0.2, -0.15) is 0 Å². The second-order valence-electron chi connectivity index (χ2n) is 4.37. The molecular weight excluding hydrogens is 246 g/mol. The molecule has 0 saturated carbocycles. The highest BCUT2D eigenvalue weighted by Gasteiger charge is 2.00. The summed E-state index contributed by atoms with van der Waals surface area (Å²) >= 11 is 5.70. The fourth-order valence-electron chi connectivity index (χ4n) is 2.00. The second-order valence-corrected chi connectivity index (χ2v) is 4.75. The number of fused-ring (bicyclic) bond motifs is 1. The number of alkyl halides is 1. The first-order valence-corrected chi connectivity index (χ1v) is 6.59. The van der Waals surface area contributed by atoms with Gasteiger partial charge in [-0.3, -0.25) is 4.79 Å². The van der Waals surface area contributed by atoms with Crippen molar-refractivity contribution in [1.29, 1.82) is 0 Å². The van der Waals surface area contributed by atoms with Crippen LogP contribution in [0.2, 0.25) is 0 Å². The van der Waals surface area contributed by atoms with Crippen molar-refractivity contribution in [3.05, 3.63) is 42.0 Å². The van der Waals surface area contributed by atoms with E-state index in [4.69, 9.17) is 11.6 Å². The Bertz CT molecular complexity index is 565. The zero-order valence-corrected chi connectivity index (χ0v) is 11.1. The van der Waals surface area contributed by atoms with E-state index >= 15 is 0 Å². The van der Waals surface area contributed by atoms with E-state index in [2.05, 4.69) is 23.5 Å². The zero-order chi connectivity index (χ0) is 13.0. The first-order valence-electron chi connectivity index (χ1n) is 6.05. The molecule has 0 bridgehead atoms. The summed E-state index contributed by atoms with van der Waals surface area (Å²) in [7, 11) is 0. The van der Waals surface area contributed by atoms with Crippen molar-refractivity contribution in [2.75, 3.05) is 11.2 Å². The van der Waals surface area contributed by atoms with Crippen LogP contribution in [0.5, 0.6) is 0 Å². The molecule has 0 unspecified atom stereocenters. The van der Waals surface area contributed by atoms with E-state index in [9.17, 15) is 4.79 Å². The molecule has 94 valence electrons. The minimum absolute atomic E-state index is 0.0481. The van der Waals surface area contributed by atoms with E-state index in [0.29, 0.717) is 5.88 Å². The number of benzene rings is 2. The summed E-state index contributed by atoms with van der Waals surface area (Å²) in [6.45, 7) is 1.51. The van der Waals surface area contributed by atoms with Crippen LogP contribution in [0.25, 0.3) is 10.8 Å². The molecule has 2 aromatic rings. The maximum absolute atomic E-state index is 11.0. The van der Waals surface area contributed by atoms with E-state index in [1.165, 1.54) is 17.9 Å². The molecule has 0 aliphatic heterocycles. The van der Waals surface area contributed by atoms with E-state index in [-0.39, 0.29) is 5.91 Å². The summed E-state index contributed by atoms with van der Waals surface area (Å²) in [5.74, 6) is 0.646. The van der Waals surface area contributed by atoms with Crippen LogP contribution in [0.4, 0.5) is 5.69 Å². The monoisotopic (exact) mass is 261 g/mol.